The van der Waals surface area contributed by atoms with Crippen molar-refractivity contribution in [3.05, 3.63) is 83.2 Å². The molecule has 1 aliphatic heterocycles. The van der Waals surface area contributed by atoms with Gasteiger partial charge in [-0.05, 0) is 11.1 Å². The van der Waals surface area contributed by atoms with Crippen LogP contribution >= 0.6 is 0 Å². The maximum Gasteiger partial charge on any atom is 0.125 e. The van der Waals surface area contributed by atoms with Crippen LogP contribution in [0.2, 0.25) is 0 Å². The Morgan fingerprint density at radius 2 is 1.39 bits per heavy atom. The number of aliphatic hydroxyl groups is 5. The lowest BCUT2D eigenvalue weighted by molar-refractivity contribution is 0.0172. The fourth-order valence-electron chi connectivity index (χ4n) is 3.99. The first kappa shape index (κ1) is 21.6. The molecule has 9 heteroatoms. The van der Waals surface area contributed by atoms with Crippen molar-refractivity contribution in [3.8, 4) is 0 Å². The molecule has 31 heavy (non-hydrogen) atoms. The van der Waals surface area contributed by atoms with Crippen molar-refractivity contribution in [2.75, 3.05) is 6.61 Å². The second kappa shape index (κ2) is 9.23. The van der Waals surface area contributed by atoms with E-state index in [-0.39, 0.29) is 18.8 Å². The predicted octanol–water partition coefficient (Wildman–Crippen LogP) is -0.504. The van der Waals surface area contributed by atoms with Gasteiger partial charge < -0.3 is 30.8 Å². The molecule has 1 aromatic heterocycles. The highest BCUT2D eigenvalue weighted by atomic mass is 16.3. The molecule has 2 unspecified atom stereocenters. The molecule has 0 amide bonds. The molecule has 0 bridgehead atoms. The van der Waals surface area contributed by atoms with Gasteiger partial charge in [0.15, 0.2) is 0 Å². The van der Waals surface area contributed by atoms with Crippen molar-refractivity contribution in [2.45, 2.75) is 43.0 Å². The SMILES string of the molecule is OC[C@H]1N[C@H](Cn2nnc(C(O)c3ccccc3)c2C(O)c2ccccc2)[C@@H](O)[C@@H]1O. The Morgan fingerprint density at radius 1 is 0.839 bits per heavy atom. The second-order valence-electron chi connectivity index (χ2n) is 7.71. The molecular formula is C22H26N4O5. The summed E-state index contributed by atoms with van der Waals surface area (Å²) < 4.78 is 1.42. The average molecular weight is 426 g/mol. The van der Waals surface area contributed by atoms with E-state index in [0.29, 0.717) is 16.8 Å². The van der Waals surface area contributed by atoms with Crippen LogP contribution in [0.3, 0.4) is 0 Å². The van der Waals surface area contributed by atoms with Gasteiger partial charge in [-0.25, -0.2) is 4.68 Å². The van der Waals surface area contributed by atoms with Crippen LogP contribution in [0, 0.1) is 0 Å². The fraction of sp³-hybridized carbons (Fsp3) is 0.364. The minimum Gasteiger partial charge on any atom is -0.395 e. The molecule has 4 rings (SSSR count). The maximum absolute atomic E-state index is 11.1. The van der Waals surface area contributed by atoms with Crippen LogP contribution < -0.4 is 5.32 Å². The van der Waals surface area contributed by atoms with Gasteiger partial charge in [-0.2, -0.15) is 0 Å². The normalized spacial score (nSPS) is 25.5. The number of nitrogens with zero attached hydrogens (tertiary/aromatic N) is 3. The third-order valence-electron chi connectivity index (χ3n) is 5.72. The summed E-state index contributed by atoms with van der Waals surface area (Å²) in [6, 6.07) is 16.6. The largest absolute Gasteiger partial charge is 0.395 e. The van der Waals surface area contributed by atoms with Gasteiger partial charge in [0.1, 0.15) is 17.9 Å². The van der Waals surface area contributed by atoms with Crippen molar-refractivity contribution >= 4 is 0 Å². The zero-order chi connectivity index (χ0) is 22.0. The lowest BCUT2D eigenvalue weighted by atomic mass is 9.99. The Bertz CT molecular complexity index is 984. The van der Waals surface area contributed by atoms with Crippen LogP contribution in [0.1, 0.15) is 34.7 Å². The molecule has 2 heterocycles. The number of rotatable bonds is 7. The molecule has 1 aliphatic rings. The number of nitrogens with one attached hydrogen (secondary N) is 1. The van der Waals surface area contributed by atoms with Crippen LogP contribution in [-0.2, 0) is 6.54 Å². The average Bonchev–Trinajstić information content (AvgIpc) is 3.35. The summed E-state index contributed by atoms with van der Waals surface area (Å²) in [6.07, 6.45) is -4.50. The van der Waals surface area contributed by atoms with Gasteiger partial charge in [-0.3, -0.25) is 0 Å². The van der Waals surface area contributed by atoms with Gasteiger partial charge in [-0.1, -0.05) is 65.9 Å². The third kappa shape index (κ3) is 4.24. The first-order valence-electron chi connectivity index (χ1n) is 10.1. The van der Waals surface area contributed by atoms with Gasteiger partial charge in [0, 0.05) is 0 Å². The van der Waals surface area contributed by atoms with Crippen LogP contribution in [0.5, 0.6) is 0 Å². The van der Waals surface area contributed by atoms with Gasteiger partial charge in [-0.15, -0.1) is 5.10 Å². The number of hydrogen-bond donors (Lipinski definition) is 6. The zero-order valence-corrected chi connectivity index (χ0v) is 16.7. The van der Waals surface area contributed by atoms with E-state index in [4.69, 9.17) is 0 Å². The molecule has 9 nitrogen and oxygen atoms in total. The molecule has 1 fully saturated rings. The summed E-state index contributed by atoms with van der Waals surface area (Å²) in [6.45, 7) is -0.258. The molecule has 1 saturated heterocycles. The molecular weight excluding hydrogens is 400 g/mol. The standard InChI is InChI=1S/C22H26N4O5/c27-12-16-22(31)21(30)15(23-16)11-26-18(20(29)14-9-5-2-6-10-14)17(24-25-26)19(28)13-7-3-1-4-8-13/h1-10,15-16,19-23,27-31H,11-12H2/t15-,16-,19?,20?,21-,22-/m1/s1. The topological polar surface area (TPSA) is 144 Å². The summed E-state index contributed by atoms with van der Waals surface area (Å²) in [5.41, 5.74) is 1.69. The molecule has 0 radical (unpaired) electrons. The summed E-state index contributed by atoms with van der Waals surface area (Å²) in [5.74, 6) is 0. The number of hydrogen-bond acceptors (Lipinski definition) is 8. The molecule has 3 aromatic rings. The van der Waals surface area contributed by atoms with Crippen molar-refractivity contribution in [1.82, 2.24) is 20.3 Å². The highest BCUT2D eigenvalue weighted by molar-refractivity contribution is 5.33. The summed E-state index contributed by atoms with van der Waals surface area (Å²) in [4.78, 5) is 0. The quantitative estimate of drug-likeness (QED) is 0.297. The van der Waals surface area contributed by atoms with E-state index in [9.17, 15) is 25.5 Å². The van der Waals surface area contributed by atoms with Crippen molar-refractivity contribution in [1.29, 1.82) is 0 Å². The van der Waals surface area contributed by atoms with Gasteiger partial charge >= 0.3 is 0 Å². The van der Waals surface area contributed by atoms with Crippen molar-refractivity contribution < 1.29 is 25.5 Å². The molecule has 2 aromatic carbocycles. The molecule has 164 valence electrons. The summed E-state index contributed by atoms with van der Waals surface area (Å²) in [7, 11) is 0. The Hall–Kier alpha value is -2.66. The molecule has 6 N–H and O–H groups in total. The summed E-state index contributed by atoms with van der Waals surface area (Å²) >= 11 is 0. The minimum atomic E-state index is -1.13. The Labute approximate surface area is 179 Å². The van der Waals surface area contributed by atoms with Crippen molar-refractivity contribution in [3.63, 3.8) is 0 Å². The maximum atomic E-state index is 11.1. The first-order chi connectivity index (χ1) is 15.0. The molecule has 0 spiro atoms. The van der Waals surface area contributed by atoms with Crippen LogP contribution in [0.4, 0.5) is 0 Å². The van der Waals surface area contributed by atoms with Gasteiger partial charge in [0.05, 0.1) is 43.1 Å². The zero-order valence-electron chi connectivity index (χ0n) is 16.7. The first-order valence-corrected chi connectivity index (χ1v) is 10.1. The van der Waals surface area contributed by atoms with Gasteiger partial charge in [0.25, 0.3) is 0 Å². The molecule has 6 atom stereocenters. The lowest BCUT2D eigenvalue weighted by Gasteiger charge is -2.20. The summed E-state index contributed by atoms with van der Waals surface area (Å²) in [5, 5.41) is 63.2. The van der Waals surface area contributed by atoms with E-state index >= 15 is 0 Å². The van der Waals surface area contributed by atoms with E-state index in [2.05, 4.69) is 15.6 Å². The van der Waals surface area contributed by atoms with E-state index in [1.54, 1.807) is 48.5 Å². The Kier molecular flexibility index (Phi) is 6.42. The Balaban J connectivity index is 1.71. The number of aromatic nitrogens is 3. The lowest BCUT2D eigenvalue weighted by Crippen LogP contribution is -2.39. The number of aliphatic hydroxyl groups excluding tert-OH is 5. The number of benzene rings is 2. The molecule has 0 saturated carbocycles. The van der Waals surface area contributed by atoms with E-state index in [1.807, 2.05) is 12.1 Å². The van der Waals surface area contributed by atoms with Crippen LogP contribution in [-0.4, -0.2) is 71.4 Å². The molecule has 0 aliphatic carbocycles. The van der Waals surface area contributed by atoms with E-state index < -0.39 is 36.5 Å². The van der Waals surface area contributed by atoms with E-state index in [1.165, 1.54) is 4.68 Å². The predicted molar refractivity (Wildman–Crippen MR) is 111 cm³/mol. The highest BCUT2D eigenvalue weighted by Gasteiger charge is 2.41. The van der Waals surface area contributed by atoms with Crippen molar-refractivity contribution in [2.24, 2.45) is 0 Å². The highest BCUT2D eigenvalue weighted by Crippen LogP contribution is 2.31. The minimum absolute atomic E-state index is 0.0719. The van der Waals surface area contributed by atoms with E-state index in [0.717, 1.165) is 0 Å². The second-order valence-corrected chi connectivity index (χ2v) is 7.71. The monoisotopic (exact) mass is 426 g/mol. The third-order valence-corrected chi connectivity index (χ3v) is 5.72. The van der Waals surface area contributed by atoms with Gasteiger partial charge in [0.2, 0.25) is 0 Å². The smallest absolute Gasteiger partial charge is 0.125 e. The van der Waals surface area contributed by atoms with Crippen LogP contribution in [0.15, 0.2) is 60.7 Å². The van der Waals surface area contributed by atoms with Crippen LogP contribution in [0.25, 0.3) is 0 Å². The Morgan fingerprint density at radius 3 is 1.94 bits per heavy atom. The fourth-order valence-corrected chi connectivity index (χ4v) is 3.99.